The SMILES string of the molecule is COC.Cc1ccc2c(c1)COC(=O)N2C1CCN(S(=O)(=O)C2=CC=CCC2)CC1. The molecule has 2 aliphatic heterocycles. The molecule has 0 unspecified atom stereocenters. The number of carbonyl (C=O) groups excluding carboxylic acids is 1. The number of hydrogen-bond donors (Lipinski definition) is 0. The molecule has 0 N–H and O–H groups in total. The number of benzene rings is 1. The molecule has 1 amide bonds. The van der Waals surface area contributed by atoms with Crippen LogP contribution < -0.4 is 4.90 Å². The van der Waals surface area contributed by atoms with Gasteiger partial charge in [0.05, 0.1) is 10.6 Å². The number of rotatable bonds is 3. The zero-order valence-electron chi connectivity index (χ0n) is 17.8. The fourth-order valence-corrected chi connectivity index (χ4v) is 5.67. The van der Waals surface area contributed by atoms with E-state index >= 15 is 0 Å². The number of amides is 1. The van der Waals surface area contributed by atoms with Crippen molar-refractivity contribution in [3.05, 3.63) is 52.5 Å². The Morgan fingerprint density at radius 3 is 2.50 bits per heavy atom. The van der Waals surface area contributed by atoms with Crippen LogP contribution in [0.2, 0.25) is 0 Å². The van der Waals surface area contributed by atoms with E-state index in [-0.39, 0.29) is 12.1 Å². The Morgan fingerprint density at radius 1 is 1.17 bits per heavy atom. The zero-order chi connectivity index (χ0) is 21.7. The van der Waals surface area contributed by atoms with Crippen LogP contribution in [0.25, 0.3) is 0 Å². The van der Waals surface area contributed by atoms with Crippen molar-refractivity contribution in [3.63, 3.8) is 0 Å². The quantitative estimate of drug-likeness (QED) is 0.724. The Balaban J connectivity index is 0.000000806. The van der Waals surface area contributed by atoms with Gasteiger partial charge >= 0.3 is 6.09 Å². The van der Waals surface area contributed by atoms with Gasteiger partial charge in [0.2, 0.25) is 10.0 Å². The number of nitrogens with zero attached hydrogens (tertiary/aromatic N) is 2. The summed E-state index contributed by atoms with van der Waals surface area (Å²) in [6, 6.07) is 5.95. The van der Waals surface area contributed by atoms with Gasteiger partial charge in [-0.25, -0.2) is 13.2 Å². The Morgan fingerprint density at radius 2 is 1.87 bits per heavy atom. The molecule has 1 aromatic carbocycles. The molecular weight excluding hydrogens is 404 g/mol. The van der Waals surface area contributed by atoms with Gasteiger partial charge in [-0.15, -0.1) is 0 Å². The molecule has 1 aromatic rings. The molecule has 0 bridgehead atoms. The number of carbonyl (C=O) groups is 1. The maximum Gasteiger partial charge on any atom is 0.414 e. The Labute approximate surface area is 179 Å². The van der Waals surface area contributed by atoms with Crippen LogP contribution in [0.5, 0.6) is 0 Å². The summed E-state index contributed by atoms with van der Waals surface area (Å²) in [5.41, 5.74) is 3.02. The van der Waals surface area contributed by atoms with Crippen LogP contribution in [0.15, 0.2) is 41.3 Å². The minimum absolute atomic E-state index is 0.0501. The van der Waals surface area contributed by atoms with Crippen molar-refractivity contribution in [2.24, 2.45) is 0 Å². The van der Waals surface area contributed by atoms with Crippen LogP contribution in [-0.4, -0.2) is 52.2 Å². The summed E-state index contributed by atoms with van der Waals surface area (Å²) in [5.74, 6) is 0. The van der Waals surface area contributed by atoms with Gasteiger partial charge in [-0.3, -0.25) is 4.90 Å². The van der Waals surface area contributed by atoms with Crippen LogP contribution in [0, 0.1) is 6.92 Å². The number of anilines is 1. The van der Waals surface area contributed by atoms with Crippen molar-refractivity contribution >= 4 is 21.8 Å². The summed E-state index contributed by atoms with van der Waals surface area (Å²) >= 11 is 0. The van der Waals surface area contributed by atoms with E-state index in [0.717, 1.165) is 23.2 Å². The number of ether oxygens (including phenoxy) is 2. The third-order valence-electron chi connectivity index (χ3n) is 5.48. The van der Waals surface area contributed by atoms with Crippen molar-refractivity contribution in [2.45, 2.75) is 45.3 Å². The first-order valence-electron chi connectivity index (χ1n) is 10.2. The summed E-state index contributed by atoms with van der Waals surface area (Å²) in [6.07, 6.45) is 7.67. The fraction of sp³-hybridized carbons (Fsp3) is 0.500. The average molecular weight is 435 g/mol. The van der Waals surface area contributed by atoms with Gasteiger partial charge in [-0.1, -0.05) is 29.8 Å². The molecule has 164 valence electrons. The van der Waals surface area contributed by atoms with Crippen LogP contribution in [-0.2, 0) is 26.1 Å². The molecule has 30 heavy (non-hydrogen) atoms. The number of methoxy groups -OCH3 is 1. The lowest BCUT2D eigenvalue weighted by molar-refractivity contribution is 0.136. The van der Waals surface area contributed by atoms with Crippen LogP contribution >= 0.6 is 0 Å². The largest absolute Gasteiger partial charge is 0.444 e. The van der Waals surface area contributed by atoms with Crippen LogP contribution in [0.3, 0.4) is 0 Å². The second-order valence-corrected chi connectivity index (χ2v) is 9.69. The molecule has 0 atom stereocenters. The third-order valence-corrected chi connectivity index (χ3v) is 7.53. The lowest BCUT2D eigenvalue weighted by Gasteiger charge is -2.40. The monoisotopic (exact) mass is 434 g/mol. The third kappa shape index (κ3) is 4.77. The molecule has 0 aromatic heterocycles. The number of piperidine rings is 1. The summed E-state index contributed by atoms with van der Waals surface area (Å²) < 4.78 is 36.8. The van der Waals surface area contributed by atoms with Crippen LogP contribution in [0.1, 0.15) is 36.8 Å². The minimum atomic E-state index is -3.41. The zero-order valence-corrected chi connectivity index (χ0v) is 18.7. The van der Waals surface area contributed by atoms with Gasteiger partial charge in [-0.2, -0.15) is 4.31 Å². The molecule has 8 heteroatoms. The number of hydrogen-bond acceptors (Lipinski definition) is 5. The van der Waals surface area contributed by atoms with Crippen molar-refractivity contribution in [1.29, 1.82) is 0 Å². The summed E-state index contributed by atoms with van der Waals surface area (Å²) in [6.45, 7) is 3.14. The van der Waals surface area contributed by atoms with Gasteiger partial charge in [0, 0.05) is 38.9 Å². The van der Waals surface area contributed by atoms with E-state index in [4.69, 9.17) is 4.74 Å². The number of cyclic esters (lactones) is 1. The van der Waals surface area contributed by atoms with Gasteiger partial charge in [-0.05, 0) is 44.7 Å². The highest BCUT2D eigenvalue weighted by Gasteiger charge is 2.37. The maximum atomic E-state index is 12.8. The maximum absolute atomic E-state index is 12.8. The van der Waals surface area contributed by atoms with E-state index in [2.05, 4.69) is 4.74 Å². The van der Waals surface area contributed by atoms with E-state index < -0.39 is 10.0 Å². The highest BCUT2D eigenvalue weighted by Crippen LogP contribution is 2.33. The molecule has 3 aliphatic rings. The van der Waals surface area contributed by atoms with E-state index in [1.54, 1.807) is 29.5 Å². The molecule has 1 fully saturated rings. The topological polar surface area (TPSA) is 76.2 Å². The van der Waals surface area contributed by atoms with E-state index in [0.29, 0.717) is 43.9 Å². The smallest absolute Gasteiger partial charge is 0.414 e. The van der Waals surface area contributed by atoms with Gasteiger partial charge in [0.1, 0.15) is 6.61 Å². The number of aryl methyl sites for hydroxylation is 1. The summed E-state index contributed by atoms with van der Waals surface area (Å²) in [5, 5.41) is 0. The molecule has 1 aliphatic carbocycles. The normalized spacial score (nSPS) is 20.0. The number of sulfonamides is 1. The number of fused-ring (bicyclic) bond motifs is 1. The Hall–Kier alpha value is -2.16. The van der Waals surface area contributed by atoms with Crippen molar-refractivity contribution in [1.82, 2.24) is 4.31 Å². The van der Waals surface area contributed by atoms with Crippen molar-refractivity contribution < 1.29 is 22.7 Å². The Bertz CT molecular complexity index is 931. The van der Waals surface area contributed by atoms with Gasteiger partial charge < -0.3 is 9.47 Å². The van der Waals surface area contributed by atoms with Crippen molar-refractivity contribution in [2.75, 3.05) is 32.2 Å². The van der Waals surface area contributed by atoms with Gasteiger partial charge in [0.15, 0.2) is 0 Å². The highest BCUT2D eigenvalue weighted by molar-refractivity contribution is 7.93. The number of allylic oxidation sites excluding steroid dienone is 4. The summed E-state index contributed by atoms with van der Waals surface area (Å²) in [4.78, 5) is 14.6. The molecular formula is C22H30N2O5S. The molecule has 4 rings (SSSR count). The lowest BCUT2D eigenvalue weighted by Crippen LogP contribution is -2.50. The van der Waals surface area contributed by atoms with E-state index in [9.17, 15) is 13.2 Å². The standard InChI is InChI=1S/C20H24N2O4S.C2H6O/c1-15-7-8-19-16(13-15)14-26-20(23)22(19)17-9-11-21(12-10-17)27(24,25)18-5-3-2-4-6-18;1-3-2/h2-3,5,7-8,13,17H,4,6,9-12,14H2,1H3;1-2H3. The lowest BCUT2D eigenvalue weighted by atomic mass is 10.0. The Kier molecular flexibility index (Phi) is 7.33. The van der Waals surface area contributed by atoms with E-state index in [1.165, 1.54) is 0 Å². The first-order chi connectivity index (χ1) is 14.4. The fourth-order valence-electron chi connectivity index (χ4n) is 4.02. The highest BCUT2D eigenvalue weighted by atomic mass is 32.2. The van der Waals surface area contributed by atoms with Crippen LogP contribution in [0.4, 0.5) is 10.5 Å². The molecule has 0 spiro atoms. The average Bonchev–Trinajstić information content (AvgIpc) is 2.75. The first kappa shape index (κ1) is 22.5. The molecule has 1 saturated heterocycles. The molecule has 0 saturated carbocycles. The summed E-state index contributed by atoms with van der Waals surface area (Å²) in [7, 11) is -0.160. The minimum Gasteiger partial charge on any atom is -0.444 e. The van der Waals surface area contributed by atoms with Crippen molar-refractivity contribution in [3.8, 4) is 0 Å². The van der Waals surface area contributed by atoms with E-state index in [1.807, 2.05) is 37.3 Å². The second-order valence-electron chi connectivity index (χ2n) is 7.70. The predicted octanol–water partition coefficient (Wildman–Crippen LogP) is 3.74. The first-order valence-corrected chi connectivity index (χ1v) is 11.6. The molecule has 0 radical (unpaired) electrons. The van der Waals surface area contributed by atoms with Gasteiger partial charge in [0.25, 0.3) is 0 Å². The molecule has 2 heterocycles. The molecule has 7 nitrogen and oxygen atoms in total. The predicted molar refractivity (Wildman–Crippen MR) is 117 cm³/mol. The second kappa shape index (κ2) is 9.76.